The van der Waals surface area contributed by atoms with Crippen LogP contribution in [0.25, 0.3) is 0 Å². The van der Waals surface area contributed by atoms with E-state index in [0.29, 0.717) is 17.4 Å². The highest BCUT2D eigenvalue weighted by Crippen LogP contribution is 3.02. The van der Waals surface area contributed by atoms with Crippen molar-refractivity contribution < 1.29 is 33.4 Å². The van der Waals surface area contributed by atoms with E-state index < -0.39 is 44.6 Å². The molecule has 2 heterocycles. The maximum atomic E-state index is 14.3. The zero-order valence-electron chi connectivity index (χ0n) is 16.2. The van der Waals surface area contributed by atoms with E-state index in [-0.39, 0.29) is 36.9 Å². The number of hydrogen-bond acceptors (Lipinski definition) is 5. The minimum Gasteiger partial charge on any atom is -0.301 e. The fraction of sp³-hybridized carbons (Fsp3) is 0.263. The average Bonchev–Trinajstić information content (AvgIpc) is 3.19. The summed E-state index contributed by atoms with van der Waals surface area (Å²) in [6.45, 7) is 0.233. The summed E-state index contributed by atoms with van der Waals surface area (Å²) < 4.78 is 79.8. The molecule has 1 amide bonds. The summed E-state index contributed by atoms with van der Waals surface area (Å²) in [4.78, 5) is 28.1. The van der Waals surface area contributed by atoms with Crippen LogP contribution in [0.15, 0.2) is 47.6 Å². The Morgan fingerprint density at radius 2 is 2.00 bits per heavy atom. The Bertz CT molecular complexity index is 1090. The topological polar surface area (TPSA) is 77.3 Å². The Morgan fingerprint density at radius 3 is 2.53 bits per heavy atom. The molecule has 2 unspecified atom stereocenters. The van der Waals surface area contributed by atoms with Crippen LogP contribution in [0.4, 0.5) is 29.5 Å². The van der Waals surface area contributed by atoms with Crippen molar-refractivity contribution >= 4 is 28.1 Å². The van der Waals surface area contributed by atoms with Crippen LogP contribution in [0, 0.1) is 17.3 Å². The van der Waals surface area contributed by atoms with E-state index in [1.54, 1.807) is 0 Å². The number of carbonyl (C=O) groups is 2. The molecule has 1 aromatic carbocycles. The number of carbonyl (C=O) groups excluding carboxylic acids is 2. The number of amides is 1. The molecule has 0 spiro atoms. The van der Waals surface area contributed by atoms with Gasteiger partial charge in [-0.3, -0.25) is 19.6 Å². The molecule has 1 aliphatic rings. The molecular formula is C19H16F6N4O2S. The Balaban J connectivity index is 2.15. The summed E-state index contributed by atoms with van der Waals surface area (Å²) in [6.07, 6.45) is 5.35. The van der Waals surface area contributed by atoms with Crippen LogP contribution in [0.1, 0.15) is 24.4 Å². The van der Waals surface area contributed by atoms with Crippen molar-refractivity contribution in [2.24, 2.45) is 0 Å². The third kappa shape index (κ3) is 4.64. The standard InChI is InChI=1S/C19H16F6N4O2S/c20-15-9-14(5-6-18(15)32(21,22,23,24)25)29(17(11-30)13-3-1-7-27-10-13)19(31)16-4-2-8-28(16)12-26/h1,3,5-7,9-11,16-17H,2,4,8H2. The zero-order chi connectivity index (χ0) is 23.8. The molecule has 0 N–H and O–H groups in total. The van der Waals surface area contributed by atoms with Gasteiger partial charge in [-0.1, -0.05) is 25.5 Å². The maximum Gasteiger partial charge on any atom is 0.313 e. The smallest absolute Gasteiger partial charge is 0.301 e. The summed E-state index contributed by atoms with van der Waals surface area (Å²) >= 11 is 0. The lowest BCUT2D eigenvalue weighted by Gasteiger charge is -2.41. The van der Waals surface area contributed by atoms with Crippen LogP contribution in [0.5, 0.6) is 0 Å². The third-order valence-electron chi connectivity index (χ3n) is 4.95. The second-order valence-electron chi connectivity index (χ2n) is 7.11. The number of nitrogens with zero attached hydrogens (tertiary/aromatic N) is 4. The normalized spacial score (nSPS) is 19.4. The molecule has 0 radical (unpaired) electrons. The fourth-order valence-corrected chi connectivity index (χ4v) is 4.27. The first-order valence-corrected chi connectivity index (χ1v) is 11.1. The van der Waals surface area contributed by atoms with E-state index >= 15 is 0 Å². The highest BCUT2D eigenvalue weighted by molar-refractivity contribution is 8.45. The number of nitriles is 1. The van der Waals surface area contributed by atoms with Crippen LogP contribution < -0.4 is 4.90 Å². The van der Waals surface area contributed by atoms with Gasteiger partial charge in [0.2, 0.25) is 0 Å². The average molecular weight is 478 g/mol. The van der Waals surface area contributed by atoms with Gasteiger partial charge in [-0.05, 0) is 37.1 Å². The summed E-state index contributed by atoms with van der Waals surface area (Å²) in [5, 5.41) is 9.24. The van der Waals surface area contributed by atoms with Gasteiger partial charge in [0.15, 0.2) is 6.19 Å². The van der Waals surface area contributed by atoms with Gasteiger partial charge in [-0.15, -0.1) is 0 Å². The van der Waals surface area contributed by atoms with Crippen LogP contribution in [0.3, 0.4) is 0 Å². The molecule has 1 fully saturated rings. The minimum absolute atomic E-state index is 0.129. The number of likely N-dealkylation sites (tertiary alicyclic amines) is 1. The number of benzene rings is 1. The molecule has 1 saturated heterocycles. The van der Waals surface area contributed by atoms with Crippen LogP contribution >= 0.6 is 10.2 Å². The van der Waals surface area contributed by atoms with Gasteiger partial charge in [-0.2, -0.15) is 5.26 Å². The lowest BCUT2D eigenvalue weighted by Crippen LogP contribution is -2.46. The van der Waals surface area contributed by atoms with Gasteiger partial charge in [0.25, 0.3) is 5.91 Å². The second kappa shape index (κ2) is 7.40. The van der Waals surface area contributed by atoms with Gasteiger partial charge in [0.05, 0.1) is 0 Å². The van der Waals surface area contributed by atoms with Gasteiger partial charge in [-0.25, -0.2) is 4.39 Å². The zero-order valence-corrected chi connectivity index (χ0v) is 17.0. The van der Waals surface area contributed by atoms with Crippen molar-refractivity contribution in [3.8, 4) is 6.19 Å². The van der Waals surface area contributed by atoms with Crippen molar-refractivity contribution in [2.45, 2.75) is 29.8 Å². The molecule has 3 rings (SSSR count). The van der Waals surface area contributed by atoms with Crippen LogP contribution in [-0.4, -0.2) is 34.7 Å². The lowest BCUT2D eigenvalue weighted by molar-refractivity contribution is -0.124. The molecule has 0 aliphatic carbocycles. The molecule has 13 heteroatoms. The van der Waals surface area contributed by atoms with E-state index in [0.717, 1.165) is 4.90 Å². The molecule has 1 aromatic heterocycles. The van der Waals surface area contributed by atoms with Crippen molar-refractivity contribution in [3.05, 3.63) is 54.1 Å². The van der Waals surface area contributed by atoms with Gasteiger partial charge in [0, 0.05) is 30.2 Å². The maximum absolute atomic E-state index is 14.3. The molecule has 2 aromatic rings. The van der Waals surface area contributed by atoms with E-state index in [1.807, 2.05) is 6.19 Å². The van der Waals surface area contributed by atoms with Crippen molar-refractivity contribution in [3.63, 3.8) is 0 Å². The second-order valence-corrected chi connectivity index (χ2v) is 9.49. The molecule has 1 aliphatic heterocycles. The first-order valence-electron chi connectivity index (χ1n) is 9.15. The molecular weight excluding hydrogens is 462 g/mol. The number of halogens is 6. The predicted molar refractivity (Wildman–Crippen MR) is 104 cm³/mol. The van der Waals surface area contributed by atoms with Gasteiger partial charge >= 0.3 is 10.2 Å². The molecule has 0 bridgehead atoms. The SMILES string of the molecule is N#CN1CCCC1C(=O)N(c1ccc(S(F)(F)(F)(F)F)c(F)c1)C(C=O)c1cccnc1. The van der Waals surface area contributed by atoms with Crippen LogP contribution in [-0.2, 0) is 9.59 Å². The quantitative estimate of drug-likeness (QED) is 0.328. The van der Waals surface area contributed by atoms with Crippen molar-refractivity contribution in [1.82, 2.24) is 9.88 Å². The van der Waals surface area contributed by atoms with Crippen LogP contribution in [0.2, 0.25) is 0 Å². The number of hydrogen-bond donors (Lipinski definition) is 0. The summed E-state index contributed by atoms with van der Waals surface area (Å²) in [5.41, 5.74) is -0.404. The lowest BCUT2D eigenvalue weighted by atomic mass is 10.0. The van der Waals surface area contributed by atoms with E-state index in [4.69, 9.17) is 0 Å². The largest absolute Gasteiger partial charge is 0.313 e. The highest BCUT2D eigenvalue weighted by Gasteiger charge is 2.67. The number of pyridine rings is 1. The first kappa shape index (κ1) is 23.4. The van der Waals surface area contributed by atoms with E-state index in [1.165, 1.54) is 24.5 Å². The summed E-state index contributed by atoms with van der Waals surface area (Å²) in [7, 11) is -10.3. The Morgan fingerprint density at radius 1 is 1.28 bits per heavy atom. The number of aromatic nitrogens is 1. The fourth-order valence-electron chi connectivity index (χ4n) is 3.52. The Kier molecular flexibility index (Phi) is 5.41. The molecule has 0 saturated carbocycles. The van der Waals surface area contributed by atoms with Crippen molar-refractivity contribution in [1.29, 1.82) is 5.26 Å². The number of rotatable bonds is 6. The van der Waals surface area contributed by atoms with Gasteiger partial charge < -0.3 is 4.79 Å². The molecule has 6 nitrogen and oxygen atoms in total. The Hall–Kier alpha value is -3.27. The van der Waals surface area contributed by atoms with E-state index in [2.05, 4.69) is 4.98 Å². The molecule has 172 valence electrons. The number of anilines is 1. The third-order valence-corrected chi connectivity index (χ3v) is 6.11. The Labute approximate surface area is 178 Å². The summed E-state index contributed by atoms with van der Waals surface area (Å²) in [5.74, 6) is -3.16. The predicted octanol–water partition coefficient (Wildman–Crippen LogP) is 5.10. The van der Waals surface area contributed by atoms with E-state index in [9.17, 15) is 38.7 Å². The number of aldehydes is 1. The summed E-state index contributed by atoms with van der Waals surface area (Å²) in [6, 6.07) is 0.788. The first-order chi connectivity index (χ1) is 14.8. The van der Waals surface area contributed by atoms with Crippen molar-refractivity contribution in [2.75, 3.05) is 11.4 Å². The monoisotopic (exact) mass is 478 g/mol. The minimum atomic E-state index is -10.3. The van der Waals surface area contributed by atoms with Gasteiger partial charge in [0.1, 0.15) is 29.1 Å². The highest BCUT2D eigenvalue weighted by atomic mass is 32.5. The molecule has 2 atom stereocenters. The molecule has 32 heavy (non-hydrogen) atoms.